The monoisotopic (exact) mass is 208 g/mol. The average molecular weight is 208 g/mol. The Bertz CT molecular complexity index is 246. The van der Waals surface area contributed by atoms with E-state index < -0.39 is 36.7 Å². The number of carbonyl (C=O) groups excluding carboxylic acids is 1. The molecule has 2 atom stereocenters. The fourth-order valence-electron chi connectivity index (χ4n) is 0.479. The van der Waals surface area contributed by atoms with Gasteiger partial charge < -0.3 is 25.2 Å². The molecular weight excluding hydrogens is 200 g/mol. The summed E-state index contributed by atoms with van der Waals surface area (Å²) in [5, 5.41) is 33.6. The van der Waals surface area contributed by atoms with Crippen LogP contribution in [0.1, 0.15) is 0 Å². The van der Waals surface area contributed by atoms with Crippen LogP contribution in [0, 0.1) is 0 Å². The Balaban J connectivity index is 3.96. The Morgan fingerprint density at radius 1 is 1.14 bits per heavy atom. The summed E-state index contributed by atoms with van der Waals surface area (Å²) in [6.07, 6.45) is -3.99. The van der Waals surface area contributed by atoms with Crippen LogP contribution < -0.4 is 0 Å². The van der Waals surface area contributed by atoms with Crippen LogP contribution in [-0.2, 0) is 19.1 Å². The van der Waals surface area contributed by atoms with Crippen molar-refractivity contribution in [3.8, 4) is 0 Å². The Morgan fingerprint density at radius 2 is 1.64 bits per heavy atom. The van der Waals surface area contributed by atoms with Crippen LogP contribution in [0.2, 0.25) is 0 Å². The highest BCUT2D eigenvalue weighted by atomic mass is 16.6. The molecule has 0 spiro atoms. The lowest BCUT2D eigenvalue weighted by molar-refractivity contribution is -0.169. The summed E-state index contributed by atoms with van der Waals surface area (Å²) in [5.74, 6) is -5.22. The molecule has 80 valence electrons. The van der Waals surface area contributed by atoms with Crippen LogP contribution in [0.25, 0.3) is 0 Å². The van der Waals surface area contributed by atoms with Gasteiger partial charge in [0.05, 0.1) is 0 Å². The molecular formula is C6H8O8. The third-order valence-electron chi connectivity index (χ3n) is 1.18. The summed E-state index contributed by atoms with van der Waals surface area (Å²) in [4.78, 5) is 30.2. The van der Waals surface area contributed by atoms with Gasteiger partial charge in [-0.2, -0.15) is 0 Å². The van der Waals surface area contributed by atoms with Crippen LogP contribution in [0.15, 0.2) is 0 Å². The number of aliphatic hydroxyl groups excluding tert-OH is 2. The first-order valence-corrected chi connectivity index (χ1v) is 3.35. The molecule has 0 saturated heterocycles. The van der Waals surface area contributed by atoms with Crippen molar-refractivity contribution in [1.82, 2.24) is 0 Å². The third-order valence-corrected chi connectivity index (χ3v) is 1.18. The summed E-state index contributed by atoms with van der Waals surface area (Å²) in [6, 6.07) is 0. The first-order chi connectivity index (χ1) is 6.36. The van der Waals surface area contributed by atoms with Crippen molar-refractivity contribution in [3.05, 3.63) is 0 Å². The predicted molar refractivity (Wildman–Crippen MR) is 38.2 cm³/mol. The smallest absolute Gasteiger partial charge is 0.417 e. The van der Waals surface area contributed by atoms with Gasteiger partial charge in [-0.25, -0.2) is 14.4 Å². The van der Waals surface area contributed by atoms with Gasteiger partial charge in [-0.05, 0) is 0 Å². The van der Waals surface area contributed by atoms with E-state index in [-0.39, 0.29) is 0 Å². The first kappa shape index (κ1) is 12.3. The zero-order valence-electron chi connectivity index (χ0n) is 6.78. The molecule has 0 aliphatic heterocycles. The minimum Gasteiger partial charge on any atom is -0.479 e. The molecule has 0 unspecified atom stereocenters. The molecule has 0 aromatic heterocycles. The fraction of sp³-hybridized carbons (Fsp3) is 0.500. The predicted octanol–water partition coefficient (Wildman–Crippen LogP) is -2.58. The molecule has 0 rings (SSSR count). The molecule has 0 fully saturated rings. The van der Waals surface area contributed by atoms with E-state index >= 15 is 0 Å². The molecule has 8 heteroatoms. The summed E-state index contributed by atoms with van der Waals surface area (Å²) >= 11 is 0. The van der Waals surface area contributed by atoms with Crippen molar-refractivity contribution in [2.75, 3.05) is 6.61 Å². The van der Waals surface area contributed by atoms with Crippen molar-refractivity contribution in [1.29, 1.82) is 0 Å². The molecule has 0 aliphatic carbocycles. The molecule has 0 aliphatic rings. The number of esters is 1. The fourth-order valence-corrected chi connectivity index (χ4v) is 0.479. The van der Waals surface area contributed by atoms with Gasteiger partial charge in [0.15, 0.2) is 6.10 Å². The maximum absolute atomic E-state index is 10.3. The first-order valence-electron chi connectivity index (χ1n) is 3.35. The maximum atomic E-state index is 10.3. The van der Waals surface area contributed by atoms with E-state index in [4.69, 9.17) is 20.4 Å². The summed E-state index contributed by atoms with van der Waals surface area (Å²) in [6.45, 7) is -0.904. The van der Waals surface area contributed by atoms with Crippen molar-refractivity contribution >= 4 is 17.9 Å². The van der Waals surface area contributed by atoms with Gasteiger partial charge in [0, 0.05) is 0 Å². The molecule has 0 aromatic carbocycles. The Kier molecular flexibility index (Phi) is 4.53. The van der Waals surface area contributed by atoms with Gasteiger partial charge in [-0.1, -0.05) is 0 Å². The van der Waals surface area contributed by atoms with Gasteiger partial charge >= 0.3 is 17.9 Å². The largest absolute Gasteiger partial charge is 0.479 e. The van der Waals surface area contributed by atoms with Gasteiger partial charge in [-0.15, -0.1) is 0 Å². The van der Waals surface area contributed by atoms with E-state index in [0.717, 1.165) is 0 Å². The number of aliphatic hydroxyl groups is 2. The van der Waals surface area contributed by atoms with Crippen LogP contribution in [0.3, 0.4) is 0 Å². The van der Waals surface area contributed by atoms with E-state index in [9.17, 15) is 14.4 Å². The van der Waals surface area contributed by atoms with E-state index in [1.807, 2.05) is 0 Å². The molecule has 14 heavy (non-hydrogen) atoms. The second-order valence-corrected chi connectivity index (χ2v) is 2.25. The second kappa shape index (κ2) is 5.14. The van der Waals surface area contributed by atoms with E-state index in [1.165, 1.54) is 0 Å². The molecule has 8 nitrogen and oxygen atoms in total. The summed E-state index contributed by atoms with van der Waals surface area (Å²) in [5.41, 5.74) is 0. The second-order valence-electron chi connectivity index (χ2n) is 2.25. The molecule has 0 saturated carbocycles. The van der Waals surface area contributed by atoms with Crippen LogP contribution >= 0.6 is 0 Å². The van der Waals surface area contributed by atoms with Gasteiger partial charge in [0.25, 0.3) is 0 Å². The third kappa shape index (κ3) is 3.83. The minimum absolute atomic E-state index is 0.904. The number of aliphatic carboxylic acids is 2. The number of carboxylic acids is 2. The molecule has 0 radical (unpaired) electrons. The SMILES string of the molecule is O=C(O)C(=O)OC[C@H](O)[C@@H](O)C(=O)O. The number of carbonyl (C=O) groups is 3. The summed E-state index contributed by atoms with van der Waals surface area (Å²) < 4.78 is 3.92. The van der Waals surface area contributed by atoms with Gasteiger partial charge in [0.1, 0.15) is 12.7 Å². The number of rotatable bonds is 4. The van der Waals surface area contributed by atoms with E-state index in [1.54, 1.807) is 0 Å². The van der Waals surface area contributed by atoms with Crippen molar-refractivity contribution < 1.29 is 39.5 Å². The van der Waals surface area contributed by atoms with E-state index in [2.05, 4.69) is 4.74 Å². The number of ether oxygens (including phenoxy) is 1. The summed E-state index contributed by atoms with van der Waals surface area (Å²) in [7, 11) is 0. The molecule has 0 heterocycles. The highest BCUT2D eigenvalue weighted by Crippen LogP contribution is 1.95. The van der Waals surface area contributed by atoms with Crippen molar-refractivity contribution in [2.45, 2.75) is 12.2 Å². The minimum atomic E-state index is -2.13. The zero-order valence-corrected chi connectivity index (χ0v) is 6.78. The van der Waals surface area contributed by atoms with Gasteiger partial charge in [0.2, 0.25) is 0 Å². The number of carboxylic acid groups (broad SMARTS) is 2. The molecule has 0 bridgehead atoms. The maximum Gasteiger partial charge on any atom is 0.417 e. The Morgan fingerprint density at radius 3 is 2.00 bits per heavy atom. The zero-order chi connectivity index (χ0) is 11.3. The lowest BCUT2D eigenvalue weighted by atomic mass is 10.2. The van der Waals surface area contributed by atoms with Crippen LogP contribution in [0.5, 0.6) is 0 Å². The highest BCUT2D eigenvalue weighted by Gasteiger charge is 2.25. The van der Waals surface area contributed by atoms with Crippen molar-refractivity contribution in [3.63, 3.8) is 0 Å². The Hall–Kier alpha value is -1.67. The quantitative estimate of drug-likeness (QED) is 0.291. The average Bonchev–Trinajstić information content (AvgIpc) is 2.11. The molecule has 0 aromatic rings. The highest BCUT2D eigenvalue weighted by molar-refractivity contribution is 6.28. The van der Waals surface area contributed by atoms with Crippen molar-refractivity contribution in [2.24, 2.45) is 0 Å². The van der Waals surface area contributed by atoms with Crippen LogP contribution in [0.4, 0.5) is 0 Å². The lowest BCUT2D eigenvalue weighted by Gasteiger charge is -2.12. The normalized spacial score (nSPS) is 14.1. The standard InChI is InChI=1S/C6H8O8/c7-2(3(8)4(9)10)1-14-6(13)5(11)12/h2-3,7-8H,1H2,(H,9,10)(H,11,12)/t2-,3+/m0/s1. The Labute approximate surface area is 77.3 Å². The van der Waals surface area contributed by atoms with Gasteiger partial charge in [-0.3, -0.25) is 0 Å². The van der Waals surface area contributed by atoms with E-state index in [0.29, 0.717) is 0 Å². The number of hydrogen-bond donors (Lipinski definition) is 4. The topological polar surface area (TPSA) is 141 Å². The van der Waals surface area contributed by atoms with Crippen LogP contribution in [-0.4, -0.2) is 57.1 Å². The lowest BCUT2D eigenvalue weighted by Crippen LogP contribution is -2.38. The number of hydrogen-bond acceptors (Lipinski definition) is 6. The molecule has 0 amide bonds. The molecule has 4 N–H and O–H groups in total.